The fourth-order valence-electron chi connectivity index (χ4n) is 4.65. The number of hydrogen-bond acceptors (Lipinski definition) is 4. The lowest BCUT2D eigenvalue weighted by molar-refractivity contribution is -0.144. The van der Waals surface area contributed by atoms with Gasteiger partial charge in [0.1, 0.15) is 6.61 Å². The number of amides is 2. The van der Waals surface area contributed by atoms with Gasteiger partial charge in [-0.05, 0) is 42.0 Å². The van der Waals surface area contributed by atoms with E-state index in [0.29, 0.717) is 0 Å². The average Bonchev–Trinajstić information content (AvgIpc) is 3.05. The molecule has 0 saturated heterocycles. The molecule has 0 bridgehead atoms. The predicted octanol–water partition coefficient (Wildman–Crippen LogP) is 4.17. The maximum Gasteiger partial charge on any atom is 0.407 e. The molecule has 2 aromatic carbocycles. The summed E-state index contributed by atoms with van der Waals surface area (Å²) < 4.78 is 5.51. The van der Waals surface area contributed by atoms with Gasteiger partial charge in [0.2, 0.25) is 5.91 Å². The first-order valence-electron chi connectivity index (χ1n) is 11.3. The van der Waals surface area contributed by atoms with Crippen LogP contribution in [0.1, 0.15) is 51.2 Å². The van der Waals surface area contributed by atoms with E-state index in [1.54, 1.807) is 13.8 Å². The Morgan fingerprint density at radius 1 is 0.909 bits per heavy atom. The molecule has 0 aliphatic heterocycles. The molecule has 3 N–H and O–H groups in total. The second-order valence-electron chi connectivity index (χ2n) is 9.04. The van der Waals surface area contributed by atoms with Crippen LogP contribution in [0.4, 0.5) is 4.79 Å². The van der Waals surface area contributed by atoms with Crippen molar-refractivity contribution in [2.75, 3.05) is 6.61 Å². The van der Waals surface area contributed by atoms with E-state index in [4.69, 9.17) is 4.74 Å². The van der Waals surface area contributed by atoms with Crippen LogP contribution in [0.5, 0.6) is 0 Å². The minimum atomic E-state index is -0.942. The molecule has 3 atom stereocenters. The van der Waals surface area contributed by atoms with Crippen molar-refractivity contribution in [1.82, 2.24) is 10.6 Å². The van der Waals surface area contributed by atoms with Crippen LogP contribution in [0.15, 0.2) is 48.5 Å². The molecule has 0 radical (unpaired) electrons. The molecule has 3 rings (SSSR count). The minimum absolute atomic E-state index is 0.0268. The molecule has 33 heavy (non-hydrogen) atoms. The molecule has 0 aromatic heterocycles. The van der Waals surface area contributed by atoms with Crippen LogP contribution in [0.3, 0.4) is 0 Å². The number of carboxylic acid groups (broad SMARTS) is 1. The zero-order valence-corrected chi connectivity index (χ0v) is 19.5. The van der Waals surface area contributed by atoms with E-state index >= 15 is 0 Å². The largest absolute Gasteiger partial charge is 0.481 e. The van der Waals surface area contributed by atoms with Crippen molar-refractivity contribution in [2.45, 2.75) is 52.1 Å². The second kappa shape index (κ2) is 10.5. The number of carboxylic acids is 1. The second-order valence-corrected chi connectivity index (χ2v) is 9.04. The Labute approximate surface area is 194 Å². The van der Waals surface area contributed by atoms with Crippen molar-refractivity contribution in [3.8, 4) is 11.1 Å². The maximum atomic E-state index is 12.4. The topological polar surface area (TPSA) is 105 Å². The van der Waals surface area contributed by atoms with Gasteiger partial charge in [0.25, 0.3) is 0 Å². The van der Waals surface area contributed by atoms with E-state index in [0.717, 1.165) is 22.3 Å². The Morgan fingerprint density at radius 3 is 1.97 bits per heavy atom. The lowest BCUT2D eigenvalue weighted by atomic mass is 9.89. The first-order chi connectivity index (χ1) is 15.7. The summed E-state index contributed by atoms with van der Waals surface area (Å²) in [4.78, 5) is 36.2. The minimum Gasteiger partial charge on any atom is -0.481 e. The molecule has 1 aliphatic carbocycles. The number of rotatable bonds is 9. The first kappa shape index (κ1) is 24.3. The number of carbonyl (C=O) groups excluding carboxylic acids is 2. The van der Waals surface area contributed by atoms with Gasteiger partial charge in [-0.25, -0.2) is 4.79 Å². The molecule has 7 heteroatoms. The number of hydrogen-bond donors (Lipinski definition) is 3. The Kier molecular flexibility index (Phi) is 7.74. The predicted molar refractivity (Wildman–Crippen MR) is 126 cm³/mol. The smallest absolute Gasteiger partial charge is 0.407 e. The summed E-state index contributed by atoms with van der Waals surface area (Å²) in [5.41, 5.74) is 4.57. The van der Waals surface area contributed by atoms with Crippen molar-refractivity contribution in [1.29, 1.82) is 0 Å². The van der Waals surface area contributed by atoms with Crippen LogP contribution in [0.2, 0.25) is 0 Å². The maximum absolute atomic E-state index is 12.4. The lowest BCUT2D eigenvalue weighted by Gasteiger charge is -2.25. The van der Waals surface area contributed by atoms with Crippen molar-refractivity contribution >= 4 is 18.0 Å². The molecule has 0 heterocycles. The van der Waals surface area contributed by atoms with Crippen molar-refractivity contribution in [3.05, 3.63) is 59.7 Å². The summed E-state index contributed by atoms with van der Waals surface area (Å²) in [5, 5.41) is 14.8. The number of aliphatic carboxylic acids is 1. The number of benzene rings is 2. The van der Waals surface area contributed by atoms with Gasteiger partial charge in [0.05, 0.1) is 5.92 Å². The van der Waals surface area contributed by atoms with Gasteiger partial charge < -0.3 is 20.5 Å². The fourth-order valence-corrected chi connectivity index (χ4v) is 4.65. The third-order valence-corrected chi connectivity index (χ3v) is 6.13. The average molecular weight is 453 g/mol. The number of nitrogens with one attached hydrogen (secondary N) is 2. The number of fused-ring (bicyclic) bond motifs is 3. The molecular formula is C26H32N2O5. The van der Waals surface area contributed by atoms with Gasteiger partial charge in [0.15, 0.2) is 0 Å². The lowest BCUT2D eigenvalue weighted by Crippen LogP contribution is -2.45. The SMILES string of the molecule is CC(C)C(C(=O)O)C(C)NC(=O)C[C@H](C)NC(=O)OCC1c2ccccc2-c2ccccc21. The van der Waals surface area contributed by atoms with Gasteiger partial charge in [-0.15, -0.1) is 0 Å². The van der Waals surface area contributed by atoms with Gasteiger partial charge in [-0.3, -0.25) is 9.59 Å². The fraction of sp³-hybridized carbons (Fsp3) is 0.423. The monoisotopic (exact) mass is 452 g/mol. The highest BCUT2D eigenvalue weighted by atomic mass is 16.5. The van der Waals surface area contributed by atoms with Crippen molar-refractivity contribution in [3.63, 3.8) is 0 Å². The normalized spacial score (nSPS) is 15.2. The molecule has 176 valence electrons. The molecular weight excluding hydrogens is 420 g/mol. The van der Waals surface area contributed by atoms with Gasteiger partial charge >= 0.3 is 12.1 Å². The summed E-state index contributed by atoms with van der Waals surface area (Å²) in [7, 11) is 0. The Morgan fingerprint density at radius 2 is 1.45 bits per heavy atom. The van der Waals surface area contributed by atoms with E-state index in [1.807, 2.05) is 38.1 Å². The summed E-state index contributed by atoms with van der Waals surface area (Å²) in [6.07, 6.45) is -0.560. The van der Waals surface area contributed by atoms with E-state index in [-0.39, 0.29) is 30.8 Å². The summed E-state index contributed by atoms with van der Waals surface area (Å²) in [6, 6.07) is 15.2. The van der Waals surface area contributed by atoms with E-state index in [1.165, 1.54) is 0 Å². The first-order valence-corrected chi connectivity index (χ1v) is 11.3. The van der Waals surface area contributed by atoms with Gasteiger partial charge in [-0.1, -0.05) is 62.4 Å². The van der Waals surface area contributed by atoms with Crippen LogP contribution in [-0.4, -0.2) is 41.8 Å². The molecule has 1 aliphatic rings. The number of alkyl carbamates (subject to hydrolysis) is 1. The van der Waals surface area contributed by atoms with Gasteiger partial charge in [0, 0.05) is 24.4 Å². The Balaban J connectivity index is 1.51. The molecule has 2 amide bonds. The summed E-state index contributed by atoms with van der Waals surface area (Å²) >= 11 is 0. The molecule has 2 aromatic rings. The van der Waals surface area contributed by atoms with Crippen LogP contribution in [0, 0.1) is 11.8 Å². The van der Waals surface area contributed by atoms with E-state index in [9.17, 15) is 19.5 Å². The third-order valence-electron chi connectivity index (χ3n) is 6.13. The van der Waals surface area contributed by atoms with Crippen LogP contribution in [-0.2, 0) is 14.3 Å². The molecule has 0 fully saturated rings. The van der Waals surface area contributed by atoms with Crippen LogP contribution in [0.25, 0.3) is 11.1 Å². The van der Waals surface area contributed by atoms with Crippen LogP contribution >= 0.6 is 0 Å². The van der Waals surface area contributed by atoms with E-state index < -0.39 is 30.1 Å². The van der Waals surface area contributed by atoms with Crippen LogP contribution < -0.4 is 10.6 Å². The molecule has 0 spiro atoms. The quantitative estimate of drug-likeness (QED) is 0.530. The highest BCUT2D eigenvalue weighted by Crippen LogP contribution is 2.44. The third kappa shape index (κ3) is 5.72. The molecule has 7 nitrogen and oxygen atoms in total. The Hall–Kier alpha value is -3.35. The van der Waals surface area contributed by atoms with Crippen molar-refractivity contribution < 1.29 is 24.2 Å². The summed E-state index contributed by atoms with van der Waals surface area (Å²) in [5.74, 6) is -2.09. The zero-order chi connectivity index (χ0) is 24.1. The van der Waals surface area contributed by atoms with Crippen molar-refractivity contribution in [2.24, 2.45) is 11.8 Å². The zero-order valence-electron chi connectivity index (χ0n) is 19.5. The standard InChI is InChI=1S/C26H32N2O5/c1-15(2)24(25(30)31)17(4)28-23(29)13-16(3)27-26(32)33-14-22-20-11-7-5-9-18(20)19-10-6-8-12-21(19)22/h5-12,15-17,22,24H,13-14H2,1-4H3,(H,27,32)(H,28,29)(H,30,31)/t16-,17?,24?/m0/s1. The number of ether oxygens (including phenoxy) is 1. The van der Waals surface area contributed by atoms with Gasteiger partial charge in [-0.2, -0.15) is 0 Å². The molecule has 2 unspecified atom stereocenters. The number of carbonyl (C=O) groups is 3. The molecule has 0 saturated carbocycles. The van der Waals surface area contributed by atoms with E-state index in [2.05, 4.69) is 34.9 Å². The highest BCUT2D eigenvalue weighted by molar-refractivity contribution is 5.80. The Bertz CT molecular complexity index is 974. The highest BCUT2D eigenvalue weighted by Gasteiger charge is 2.30. The summed E-state index contributed by atoms with van der Waals surface area (Å²) in [6.45, 7) is 7.21.